The lowest BCUT2D eigenvalue weighted by molar-refractivity contribution is -0.172. The molecule has 0 spiro atoms. The largest absolute Gasteiger partial charge is 0.463 e. The van der Waals surface area contributed by atoms with Gasteiger partial charge in [-0.05, 0) is 45.6 Å². The summed E-state index contributed by atoms with van der Waals surface area (Å²) in [5, 5.41) is 10.6. The van der Waals surface area contributed by atoms with Crippen LogP contribution in [-0.4, -0.2) is 59.4 Å². The van der Waals surface area contributed by atoms with E-state index in [4.69, 9.17) is 9.47 Å². The Balaban J connectivity index is 0.00000225. The molecule has 0 bridgehead atoms. The van der Waals surface area contributed by atoms with Gasteiger partial charge in [-0.3, -0.25) is 4.90 Å². The predicted octanol–water partition coefficient (Wildman–Crippen LogP) is 1.69. The molecule has 0 amide bonds. The molecule has 3 heterocycles. The molecule has 0 radical (unpaired) electrons. The van der Waals surface area contributed by atoms with Crippen LogP contribution in [-0.2, 0) is 19.1 Å². The smallest absolute Gasteiger partial charge is 0.338 e. The third-order valence-electron chi connectivity index (χ3n) is 5.97. The number of ether oxygens (including phenoxy) is 2. The van der Waals surface area contributed by atoms with Crippen LogP contribution in [0.5, 0.6) is 0 Å². The predicted molar refractivity (Wildman–Crippen MR) is 94.3 cm³/mol. The highest BCUT2D eigenvalue weighted by atomic mass is 35.5. The first-order valence-electron chi connectivity index (χ1n) is 8.84. The van der Waals surface area contributed by atoms with Crippen molar-refractivity contribution in [1.29, 1.82) is 0 Å². The number of carbonyl (C=O) groups excluding carboxylic acids is 2. The number of halogens is 1. The molecule has 142 valence electrons. The highest BCUT2D eigenvalue weighted by Crippen LogP contribution is 2.36. The summed E-state index contributed by atoms with van der Waals surface area (Å²) >= 11 is 0. The van der Waals surface area contributed by atoms with Crippen molar-refractivity contribution >= 4 is 24.3 Å². The van der Waals surface area contributed by atoms with Crippen LogP contribution in [0.1, 0.15) is 40.0 Å². The summed E-state index contributed by atoms with van der Waals surface area (Å²) in [6, 6.07) is 0.113. The lowest BCUT2D eigenvalue weighted by Gasteiger charge is -2.32. The van der Waals surface area contributed by atoms with E-state index in [-0.39, 0.29) is 49.5 Å². The molecule has 1 N–H and O–H groups in total. The molecule has 0 aromatic heterocycles. The van der Waals surface area contributed by atoms with Crippen LogP contribution in [0.4, 0.5) is 0 Å². The Morgan fingerprint density at radius 1 is 1.28 bits per heavy atom. The number of hydrogen-bond donors (Lipinski definition) is 1. The van der Waals surface area contributed by atoms with Gasteiger partial charge in [0.15, 0.2) is 5.60 Å². The summed E-state index contributed by atoms with van der Waals surface area (Å²) in [5.74, 6) is -1.23. The molecule has 0 aromatic rings. The standard InChI is InChI=1S/C18H27NO5.ClH/c1-4-12-9-11(2)18(3,22)17(21)23-10-13-5-7-19-8-6-14(15(13)19)24-16(12)20;/h4,11,13-15,22H,5-10H2,1-3H3;1H/b12-4-;/t11-,13+,14+,15+,18+;/m0./s1. The Morgan fingerprint density at radius 3 is 2.64 bits per heavy atom. The summed E-state index contributed by atoms with van der Waals surface area (Å²) in [4.78, 5) is 27.3. The zero-order valence-corrected chi connectivity index (χ0v) is 15.9. The fourth-order valence-electron chi connectivity index (χ4n) is 4.11. The third kappa shape index (κ3) is 3.71. The molecule has 0 aliphatic carbocycles. The average Bonchev–Trinajstić information content (AvgIpc) is 3.12. The minimum Gasteiger partial charge on any atom is -0.463 e. The summed E-state index contributed by atoms with van der Waals surface area (Å²) in [5.41, 5.74) is -1.12. The Kier molecular flexibility index (Phi) is 6.17. The molecule has 5 atom stereocenters. The SMILES string of the molecule is C/C=C1/C[C@H](C)[C@@](C)(O)C(=O)OC[C@H]2CCN3CC[C@@H](OC1=O)[C@@H]23.Cl. The number of cyclic esters (lactones) is 1. The maximum atomic E-state index is 12.6. The number of rotatable bonds is 0. The monoisotopic (exact) mass is 373 g/mol. The summed E-state index contributed by atoms with van der Waals surface area (Å²) in [6.45, 7) is 7.11. The quantitative estimate of drug-likeness (QED) is 0.514. The number of esters is 2. The average molecular weight is 374 g/mol. The minimum absolute atomic E-state index is 0. The summed E-state index contributed by atoms with van der Waals surface area (Å²) in [6.07, 6.45) is 3.59. The summed E-state index contributed by atoms with van der Waals surface area (Å²) < 4.78 is 11.3. The molecule has 0 unspecified atom stereocenters. The van der Waals surface area contributed by atoms with Crippen LogP contribution in [0, 0.1) is 11.8 Å². The van der Waals surface area contributed by atoms with E-state index in [1.165, 1.54) is 6.92 Å². The maximum Gasteiger partial charge on any atom is 0.338 e. The molecule has 7 heteroatoms. The van der Waals surface area contributed by atoms with E-state index in [1.807, 2.05) is 0 Å². The van der Waals surface area contributed by atoms with E-state index in [0.717, 1.165) is 25.9 Å². The third-order valence-corrected chi connectivity index (χ3v) is 5.97. The maximum absolute atomic E-state index is 12.6. The zero-order chi connectivity index (χ0) is 17.5. The normalized spacial score (nSPS) is 41.2. The first-order chi connectivity index (χ1) is 11.3. The van der Waals surface area contributed by atoms with Crippen molar-refractivity contribution < 1.29 is 24.2 Å². The molecule has 3 rings (SSSR count). The molecule has 3 saturated heterocycles. The first-order valence-corrected chi connectivity index (χ1v) is 8.84. The van der Waals surface area contributed by atoms with Crippen molar-refractivity contribution in [2.24, 2.45) is 11.8 Å². The van der Waals surface area contributed by atoms with Crippen molar-refractivity contribution in [2.45, 2.75) is 57.8 Å². The fourth-order valence-corrected chi connectivity index (χ4v) is 4.11. The molecule has 6 nitrogen and oxygen atoms in total. The number of allylic oxidation sites excluding steroid dienone is 1. The van der Waals surface area contributed by atoms with Crippen LogP contribution >= 0.6 is 12.4 Å². The van der Waals surface area contributed by atoms with E-state index in [1.54, 1.807) is 19.9 Å². The first kappa shape index (κ1) is 20.2. The van der Waals surface area contributed by atoms with E-state index in [0.29, 0.717) is 5.57 Å². The molecular formula is C18H28ClNO5. The molecule has 3 fully saturated rings. The molecule has 3 aliphatic rings. The van der Waals surface area contributed by atoms with Crippen LogP contribution in [0.15, 0.2) is 11.6 Å². The lowest BCUT2D eigenvalue weighted by atomic mass is 9.85. The van der Waals surface area contributed by atoms with Gasteiger partial charge in [-0.1, -0.05) is 13.0 Å². The van der Waals surface area contributed by atoms with Gasteiger partial charge in [0.2, 0.25) is 0 Å². The number of hydrogen-bond acceptors (Lipinski definition) is 6. The molecule has 25 heavy (non-hydrogen) atoms. The fraction of sp³-hybridized carbons (Fsp3) is 0.778. The van der Waals surface area contributed by atoms with Crippen LogP contribution < -0.4 is 0 Å². The van der Waals surface area contributed by atoms with Crippen molar-refractivity contribution in [3.05, 3.63) is 11.6 Å². The number of aliphatic hydroxyl groups is 1. The minimum atomic E-state index is -1.62. The topological polar surface area (TPSA) is 76.1 Å². The van der Waals surface area contributed by atoms with E-state index >= 15 is 0 Å². The van der Waals surface area contributed by atoms with Crippen LogP contribution in [0.3, 0.4) is 0 Å². The van der Waals surface area contributed by atoms with Gasteiger partial charge < -0.3 is 14.6 Å². The van der Waals surface area contributed by atoms with Crippen molar-refractivity contribution in [1.82, 2.24) is 4.90 Å². The Morgan fingerprint density at radius 2 is 1.96 bits per heavy atom. The van der Waals surface area contributed by atoms with Gasteiger partial charge in [0.05, 0.1) is 12.6 Å². The highest BCUT2D eigenvalue weighted by molar-refractivity contribution is 5.89. The second kappa shape index (κ2) is 7.64. The van der Waals surface area contributed by atoms with Gasteiger partial charge >= 0.3 is 11.9 Å². The molecule has 0 saturated carbocycles. The van der Waals surface area contributed by atoms with Gasteiger partial charge in [-0.15, -0.1) is 12.4 Å². The van der Waals surface area contributed by atoms with Crippen LogP contribution in [0.25, 0.3) is 0 Å². The van der Waals surface area contributed by atoms with Gasteiger partial charge in [0.25, 0.3) is 0 Å². The van der Waals surface area contributed by atoms with E-state index in [2.05, 4.69) is 4.90 Å². The van der Waals surface area contributed by atoms with Crippen LogP contribution in [0.2, 0.25) is 0 Å². The van der Waals surface area contributed by atoms with Crippen molar-refractivity contribution in [3.8, 4) is 0 Å². The molecule has 0 aromatic carbocycles. The summed E-state index contributed by atoms with van der Waals surface area (Å²) in [7, 11) is 0. The lowest BCUT2D eigenvalue weighted by Crippen LogP contribution is -2.46. The second-order valence-corrected chi connectivity index (χ2v) is 7.47. The zero-order valence-electron chi connectivity index (χ0n) is 15.1. The van der Waals surface area contributed by atoms with Gasteiger partial charge in [0, 0.05) is 18.0 Å². The number of carbonyl (C=O) groups is 2. The van der Waals surface area contributed by atoms with Gasteiger partial charge in [-0.2, -0.15) is 0 Å². The molecule has 3 aliphatic heterocycles. The van der Waals surface area contributed by atoms with E-state index in [9.17, 15) is 14.7 Å². The van der Waals surface area contributed by atoms with Crippen molar-refractivity contribution in [2.75, 3.05) is 19.7 Å². The second-order valence-electron chi connectivity index (χ2n) is 7.47. The van der Waals surface area contributed by atoms with Gasteiger partial charge in [0.1, 0.15) is 6.10 Å². The number of nitrogens with zero attached hydrogens (tertiary/aromatic N) is 1. The van der Waals surface area contributed by atoms with Gasteiger partial charge in [-0.25, -0.2) is 9.59 Å². The van der Waals surface area contributed by atoms with E-state index < -0.39 is 17.5 Å². The highest BCUT2D eigenvalue weighted by Gasteiger charge is 2.48. The van der Waals surface area contributed by atoms with Crippen molar-refractivity contribution in [3.63, 3.8) is 0 Å². The Bertz CT molecular complexity index is 562. The Labute approximate surface area is 154 Å². The Hall–Kier alpha value is -1.11. The molecular weight excluding hydrogens is 346 g/mol.